The number of carbonyl (C=O) groups is 3. The number of carboxylic acid groups (broad SMARTS) is 1. The van der Waals surface area contributed by atoms with Crippen molar-refractivity contribution in [2.24, 2.45) is 0 Å². The molecule has 224 valence electrons. The van der Waals surface area contributed by atoms with Gasteiger partial charge in [-0.3, -0.25) is 4.79 Å². The molecule has 2 atom stereocenters. The molecular weight excluding hydrogens is 574 g/mol. The van der Waals surface area contributed by atoms with Crippen LogP contribution >= 0.6 is 0 Å². The summed E-state index contributed by atoms with van der Waals surface area (Å²) in [6, 6.07) is 9.33. The highest BCUT2D eigenvalue weighted by Gasteiger charge is 2.55. The number of hydrogen-bond acceptors (Lipinski definition) is 9. The van der Waals surface area contributed by atoms with Gasteiger partial charge in [0.25, 0.3) is 10.0 Å². The predicted octanol–water partition coefficient (Wildman–Crippen LogP) is 2.04. The summed E-state index contributed by atoms with van der Waals surface area (Å²) in [5.74, 6) is -3.82. The van der Waals surface area contributed by atoms with Gasteiger partial charge in [-0.2, -0.15) is 0 Å². The van der Waals surface area contributed by atoms with Gasteiger partial charge in [0.1, 0.15) is 5.75 Å². The minimum absolute atomic E-state index is 0.0442. The lowest BCUT2D eigenvalue weighted by Gasteiger charge is -2.39. The molecule has 2 aromatic rings. The lowest BCUT2D eigenvalue weighted by molar-refractivity contribution is -0.147. The van der Waals surface area contributed by atoms with Gasteiger partial charge in [-0.15, -0.1) is 0 Å². The van der Waals surface area contributed by atoms with Crippen LogP contribution in [0.15, 0.2) is 53.4 Å². The van der Waals surface area contributed by atoms with Crippen molar-refractivity contribution in [3.05, 3.63) is 54.1 Å². The summed E-state index contributed by atoms with van der Waals surface area (Å²) in [7, 11) is -5.48. The van der Waals surface area contributed by atoms with Crippen LogP contribution in [0, 0.1) is 0 Å². The van der Waals surface area contributed by atoms with E-state index in [1.807, 2.05) is 20.8 Å². The molecule has 1 unspecified atom stereocenters. The number of sulfonamides is 1. The van der Waals surface area contributed by atoms with E-state index in [-0.39, 0.29) is 34.0 Å². The summed E-state index contributed by atoms with van der Waals surface area (Å²) in [6.45, 7) is 6.67. The van der Waals surface area contributed by atoms with Crippen molar-refractivity contribution in [2.45, 2.75) is 49.6 Å². The molecule has 2 N–H and O–H groups in total. The smallest absolute Gasteiger partial charge is 0.414 e. The first-order valence-electron chi connectivity index (χ1n) is 12.7. The second-order valence-electron chi connectivity index (χ2n) is 11.2. The molecule has 0 saturated carbocycles. The van der Waals surface area contributed by atoms with E-state index in [1.54, 1.807) is 12.1 Å². The maximum absolute atomic E-state index is 14.2. The SMILES string of the molecule is CN(C)C(=O)Oc1ccc(N([C@@](C)(C(=O)O)C(=O)C2CS(=O)(=O)CCN2)S(=O)(=O)c2ccc(C(C)(C)C)cc2)cc1. The Balaban J connectivity index is 2.21. The number of Topliss-reactive ketones (excluding diaryl/α,β-unsaturated/α-hetero) is 1. The average molecular weight is 610 g/mol. The highest BCUT2D eigenvalue weighted by atomic mass is 32.2. The van der Waals surface area contributed by atoms with E-state index < -0.39 is 55.0 Å². The summed E-state index contributed by atoms with van der Waals surface area (Å²) in [5.41, 5.74) is -2.46. The first kappa shape index (κ1) is 32.0. The van der Waals surface area contributed by atoms with Crippen LogP contribution in [0.5, 0.6) is 5.75 Å². The lowest BCUT2D eigenvalue weighted by atomic mass is 9.87. The minimum atomic E-state index is -4.74. The number of amides is 1. The molecule has 1 amide bonds. The van der Waals surface area contributed by atoms with E-state index in [9.17, 15) is 36.3 Å². The van der Waals surface area contributed by atoms with Gasteiger partial charge < -0.3 is 20.1 Å². The Kier molecular flexibility index (Phi) is 8.92. The molecule has 0 aromatic heterocycles. The number of nitrogens with one attached hydrogen (secondary N) is 1. The van der Waals surface area contributed by atoms with Crippen molar-refractivity contribution < 1.29 is 41.1 Å². The zero-order valence-electron chi connectivity index (χ0n) is 23.7. The normalized spacial score (nSPS) is 18.5. The van der Waals surface area contributed by atoms with Crippen molar-refractivity contribution in [1.29, 1.82) is 0 Å². The van der Waals surface area contributed by atoms with Crippen molar-refractivity contribution >= 4 is 43.4 Å². The second kappa shape index (κ2) is 11.4. The molecule has 12 nitrogen and oxygen atoms in total. The molecule has 1 aliphatic heterocycles. The summed E-state index contributed by atoms with van der Waals surface area (Å²) in [5, 5.41) is 13.1. The van der Waals surface area contributed by atoms with E-state index in [4.69, 9.17) is 4.74 Å². The highest BCUT2D eigenvalue weighted by Crippen LogP contribution is 2.35. The van der Waals surface area contributed by atoms with E-state index in [0.29, 0.717) is 4.31 Å². The van der Waals surface area contributed by atoms with Crippen molar-refractivity contribution in [3.8, 4) is 5.75 Å². The standard InChI is InChI=1S/C27H35N3O9S2/c1-26(2,3)18-7-13-21(14-8-18)41(37,38)30(19-9-11-20(12-10-19)39-25(34)29(5)6)27(4,24(32)33)23(31)22-17-40(35,36)16-15-28-22/h7-14,22,28H,15-17H2,1-6H3,(H,32,33)/t22?,27-/m1/s1. The fraction of sp³-hybridized carbons (Fsp3) is 0.444. The van der Waals surface area contributed by atoms with Crippen LogP contribution in [0.1, 0.15) is 33.3 Å². The fourth-order valence-corrected chi connectivity index (χ4v) is 7.41. The quantitative estimate of drug-likeness (QED) is 0.423. The third-order valence-electron chi connectivity index (χ3n) is 6.74. The third kappa shape index (κ3) is 6.71. The highest BCUT2D eigenvalue weighted by molar-refractivity contribution is 7.93. The largest absolute Gasteiger partial charge is 0.479 e. The Morgan fingerprint density at radius 3 is 2.00 bits per heavy atom. The van der Waals surface area contributed by atoms with Gasteiger partial charge in [0.15, 0.2) is 15.6 Å². The Morgan fingerprint density at radius 1 is 0.976 bits per heavy atom. The van der Waals surface area contributed by atoms with Gasteiger partial charge in [0.2, 0.25) is 5.54 Å². The van der Waals surface area contributed by atoms with Crippen LogP contribution in [0.25, 0.3) is 0 Å². The summed E-state index contributed by atoms with van der Waals surface area (Å²) in [4.78, 5) is 39.5. The second-order valence-corrected chi connectivity index (χ2v) is 15.2. The molecule has 0 spiro atoms. The van der Waals surface area contributed by atoms with Gasteiger partial charge in [-0.25, -0.2) is 30.7 Å². The zero-order valence-corrected chi connectivity index (χ0v) is 25.4. The van der Waals surface area contributed by atoms with Gasteiger partial charge in [-0.1, -0.05) is 32.9 Å². The fourth-order valence-electron chi connectivity index (χ4n) is 4.30. The van der Waals surface area contributed by atoms with Crippen molar-refractivity contribution in [3.63, 3.8) is 0 Å². The number of sulfone groups is 1. The van der Waals surface area contributed by atoms with Crippen LogP contribution in [-0.4, -0.2) is 88.4 Å². The molecule has 1 aliphatic rings. The van der Waals surface area contributed by atoms with Crippen molar-refractivity contribution in [1.82, 2.24) is 10.2 Å². The lowest BCUT2D eigenvalue weighted by Crippen LogP contribution is -2.66. The number of ketones is 1. The number of ether oxygens (including phenoxy) is 1. The molecule has 2 aromatic carbocycles. The Morgan fingerprint density at radius 2 is 1.54 bits per heavy atom. The van der Waals surface area contributed by atoms with Crippen molar-refractivity contribution in [2.75, 3.05) is 36.5 Å². The number of rotatable bonds is 8. The molecule has 1 fully saturated rings. The average Bonchev–Trinajstić information content (AvgIpc) is 2.87. The van der Waals surface area contributed by atoms with E-state index in [0.717, 1.165) is 12.5 Å². The summed E-state index contributed by atoms with van der Waals surface area (Å²) < 4.78 is 58.6. The van der Waals surface area contributed by atoms with E-state index in [1.165, 1.54) is 55.4 Å². The molecular formula is C27H35N3O9S2. The summed E-state index contributed by atoms with van der Waals surface area (Å²) in [6.07, 6.45) is -0.698. The molecule has 1 saturated heterocycles. The molecule has 1 heterocycles. The number of carbonyl (C=O) groups excluding carboxylic acids is 2. The van der Waals surface area contributed by atoms with Crippen LogP contribution in [0.3, 0.4) is 0 Å². The third-order valence-corrected chi connectivity index (χ3v) is 10.3. The number of hydrogen-bond donors (Lipinski definition) is 2. The number of benzene rings is 2. The number of nitrogens with zero attached hydrogens (tertiary/aromatic N) is 2. The predicted molar refractivity (Wildman–Crippen MR) is 152 cm³/mol. The van der Waals surface area contributed by atoms with Gasteiger partial charge >= 0.3 is 12.1 Å². The number of aliphatic carboxylic acids is 1. The van der Waals surface area contributed by atoms with Gasteiger partial charge in [-0.05, 0) is 54.3 Å². The van der Waals surface area contributed by atoms with Crippen LogP contribution in [-0.2, 0) is 34.9 Å². The maximum Gasteiger partial charge on any atom is 0.414 e. The molecule has 3 rings (SSSR count). The molecule has 0 radical (unpaired) electrons. The summed E-state index contributed by atoms with van der Waals surface area (Å²) >= 11 is 0. The Labute approximate surface area is 240 Å². The molecule has 0 aliphatic carbocycles. The number of carboxylic acids is 1. The Bertz CT molecular complexity index is 1530. The maximum atomic E-state index is 14.2. The van der Waals surface area contributed by atoms with E-state index in [2.05, 4.69) is 5.32 Å². The van der Waals surface area contributed by atoms with Crippen LogP contribution in [0.4, 0.5) is 10.5 Å². The van der Waals surface area contributed by atoms with Gasteiger partial charge in [0.05, 0.1) is 28.1 Å². The Hall–Kier alpha value is -3.49. The van der Waals surface area contributed by atoms with Crippen LogP contribution in [0.2, 0.25) is 0 Å². The van der Waals surface area contributed by atoms with Gasteiger partial charge in [0, 0.05) is 20.6 Å². The first-order valence-corrected chi connectivity index (χ1v) is 15.9. The molecule has 41 heavy (non-hydrogen) atoms. The number of anilines is 1. The first-order chi connectivity index (χ1) is 18.8. The van der Waals surface area contributed by atoms with E-state index >= 15 is 0 Å². The minimum Gasteiger partial charge on any atom is -0.479 e. The van der Waals surface area contributed by atoms with Crippen LogP contribution < -0.4 is 14.4 Å². The molecule has 0 bridgehead atoms. The monoisotopic (exact) mass is 609 g/mol. The topological polar surface area (TPSA) is 167 Å². The molecule has 14 heteroatoms. The zero-order chi connectivity index (χ0) is 31.0.